The predicted octanol–water partition coefficient (Wildman–Crippen LogP) is 2.46. The van der Waals surface area contributed by atoms with Gasteiger partial charge in [0.15, 0.2) is 0 Å². The molecule has 15 heavy (non-hydrogen) atoms. The van der Waals surface area contributed by atoms with Crippen LogP contribution in [0.4, 0.5) is 15.8 Å². The van der Waals surface area contributed by atoms with Crippen LogP contribution in [0.1, 0.15) is 6.92 Å². The molecular weight excluding hydrogens is 310 g/mol. The van der Waals surface area contributed by atoms with E-state index in [1.54, 1.807) is 13.2 Å². The van der Waals surface area contributed by atoms with E-state index in [1.165, 1.54) is 6.07 Å². The van der Waals surface area contributed by atoms with Gasteiger partial charge in [0.05, 0.1) is 21.0 Å². The number of benzene rings is 1. The van der Waals surface area contributed by atoms with E-state index in [9.17, 15) is 4.39 Å². The fourth-order valence-corrected chi connectivity index (χ4v) is 1.54. The van der Waals surface area contributed by atoms with Gasteiger partial charge in [0.1, 0.15) is 5.82 Å². The monoisotopic (exact) mass is 324 g/mol. The zero-order valence-electron chi connectivity index (χ0n) is 8.68. The molecule has 1 unspecified atom stereocenters. The first-order valence-corrected chi connectivity index (χ1v) is 5.63. The summed E-state index contributed by atoms with van der Waals surface area (Å²) in [4.78, 5) is 0. The van der Waals surface area contributed by atoms with E-state index < -0.39 is 0 Å². The zero-order valence-corrected chi connectivity index (χ0v) is 10.8. The maximum atomic E-state index is 13.2. The van der Waals surface area contributed by atoms with E-state index in [1.807, 2.05) is 29.5 Å². The second-order valence-corrected chi connectivity index (χ2v) is 4.44. The van der Waals surface area contributed by atoms with Gasteiger partial charge in [0.25, 0.3) is 0 Å². The van der Waals surface area contributed by atoms with Crippen LogP contribution in [-0.4, -0.2) is 19.8 Å². The molecule has 0 saturated heterocycles. The quantitative estimate of drug-likeness (QED) is 0.661. The minimum absolute atomic E-state index is 0.0618. The largest absolute Gasteiger partial charge is 0.397 e. The maximum Gasteiger partial charge on any atom is 0.138 e. The van der Waals surface area contributed by atoms with Gasteiger partial charge in [-0.05, 0) is 35.6 Å². The lowest BCUT2D eigenvalue weighted by Gasteiger charge is -2.14. The van der Waals surface area contributed by atoms with E-state index in [0.717, 1.165) is 0 Å². The van der Waals surface area contributed by atoms with Gasteiger partial charge in [-0.3, -0.25) is 0 Å². The number of methoxy groups -OCH3 is 1. The molecule has 0 bridgehead atoms. The zero-order chi connectivity index (χ0) is 11.4. The molecule has 0 aromatic heterocycles. The molecule has 5 heteroatoms. The molecular formula is C10H14FIN2O. The average molecular weight is 324 g/mol. The second kappa shape index (κ2) is 5.50. The third kappa shape index (κ3) is 3.49. The van der Waals surface area contributed by atoms with Gasteiger partial charge in [-0.15, -0.1) is 0 Å². The van der Waals surface area contributed by atoms with E-state index in [4.69, 9.17) is 10.5 Å². The van der Waals surface area contributed by atoms with Gasteiger partial charge in [0.2, 0.25) is 0 Å². The molecule has 0 radical (unpaired) electrons. The molecule has 1 atom stereocenters. The molecule has 1 aromatic rings. The number of hydrogen-bond acceptors (Lipinski definition) is 3. The van der Waals surface area contributed by atoms with Crippen molar-refractivity contribution in [3.63, 3.8) is 0 Å². The van der Waals surface area contributed by atoms with E-state index in [2.05, 4.69) is 5.32 Å². The molecule has 0 saturated carbocycles. The highest BCUT2D eigenvalue weighted by Gasteiger charge is 2.06. The number of rotatable bonds is 4. The third-order valence-corrected chi connectivity index (χ3v) is 2.90. The first-order chi connectivity index (χ1) is 7.04. The Balaban J connectivity index is 2.73. The second-order valence-electron chi connectivity index (χ2n) is 3.28. The van der Waals surface area contributed by atoms with Crippen LogP contribution in [-0.2, 0) is 4.74 Å². The lowest BCUT2D eigenvalue weighted by Crippen LogP contribution is -2.18. The number of nitrogens with one attached hydrogen (secondary N) is 1. The van der Waals surface area contributed by atoms with Crippen LogP contribution < -0.4 is 11.1 Å². The summed E-state index contributed by atoms with van der Waals surface area (Å²) < 4.78 is 18.8. The van der Waals surface area contributed by atoms with Crippen LogP contribution in [0.2, 0.25) is 0 Å². The predicted molar refractivity (Wildman–Crippen MR) is 68.5 cm³/mol. The van der Waals surface area contributed by atoms with Gasteiger partial charge in [-0.1, -0.05) is 0 Å². The average Bonchev–Trinajstić information content (AvgIpc) is 2.21. The summed E-state index contributed by atoms with van der Waals surface area (Å²) >= 11 is 1.91. The molecule has 3 nitrogen and oxygen atoms in total. The number of nitrogen functional groups attached to an aromatic ring is 1. The summed E-state index contributed by atoms with van der Waals surface area (Å²) in [5.74, 6) is -0.266. The van der Waals surface area contributed by atoms with Crippen molar-refractivity contribution in [2.75, 3.05) is 24.7 Å². The van der Waals surface area contributed by atoms with Crippen LogP contribution in [0.15, 0.2) is 12.1 Å². The van der Waals surface area contributed by atoms with Gasteiger partial charge in [0, 0.05) is 19.7 Å². The number of anilines is 2. The molecule has 0 aliphatic rings. The molecule has 0 heterocycles. The van der Waals surface area contributed by atoms with Crippen LogP contribution >= 0.6 is 22.6 Å². The van der Waals surface area contributed by atoms with Crippen LogP contribution in [0.5, 0.6) is 0 Å². The van der Waals surface area contributed by atoms with Crippen LogP contribution in [0.25, 0.3) is 0 Å². The van der Waals surface area contributed by atoms with Crippen molar-refractivity contribution in [2.45, 2.75) is 13.0 Å². The Morgan fingerprint density at radius 3 is 2.87 bits per heavy atom. The minimum atomic E-state index is -0.266. The Morgan fingerprint density at radius 1 is 1.60 bits per heavy atom. The van der Waals surface area contributed by atoms with Crippen molar-refractivity contribution in [1.82, 2.24) is 0 Å². The number of nitrogens with two attached hydrogens (primary N) is 1. The molecule has 1 aromatic carbocycles. The highest BCUT2D eigenvalue weighted by molar-refractivity contribution is 14.1. The van der Waals surface area contributed by atoms with Crippen LogP contribution in [0.3, 0.4) is 0 Å². The summed E-state index contributed by atoms with van der Waals surface area (Å²) in [6.07, 6.45) is 0.0618. The molecule has 84 valence electrons. The van der Waals surface area contributed by atoms with E-state index in [-0.39, 0.29) is 11.9 Å². The Labute approximate surface area is 102 Å². The molecule has 0 aliphatic carbocycles. The van der Waals surface area contributed by atoms with Gasteiger partial charge < -0.3 is 15.8 Å². The molecule has 3 N–H and O–H groups in total. The summed E-state index contributed by atoms with van der Waals surface area (Å²) in [6.45, 7) is 2.52. The standard InChI is InChI=1S/C10H14FIN2O/c1-6(15-2)5-14-10-3-7(11)8(12)4-9(10)13/h3-4,6,14H,5,13H2,1-2H3. The topological polar surface area (TPSA) is 47.3 Å². The van der Waals surface area contributed by atoms with Gasteiger partial charge in [-0.2, -0.15) is 0 Å². The lowest BCUT2D eigenvalue weighted by atomic mass is 10.2. The van der Waals surface area contributed by atoms with Crippen molar-refractivity contribution >= 4 is 34.0 Å². The van der Waals surface area contributed by atoms with Crippen molar-refractivity contribution in [3.8, 4) is 0 Å². The SMILES string of the molecule is COC(C)CNc1cc(F)c(I)cc1N. The van der Waals surface area contributed by atoms with Crippen molar-refractivity contribution < 1.29 is 9.13 Å². The van der Waals surface area contributed by atoms with E-state index in [0.29, 0.717) is 21.5 Å². The Morgan fingerprint density at radius 2 is 2.27 bits per heavy atom. The molecule has 0 fully saturated rings. The highest BCUT2D eigenvalue weighted by Crippen LogP contribution is 2.23. The summed E-state index contributed by atoms with van der Waals surface area (Å²) in [5.41, 5.74) is 6.90. The smallest absolute Gasteiger partial charge is 0.138 e. The summed E-state index contributed by atoms with van der Waals surface area (Å²) in [7, 11) is 1.63. The van der Waals surface area contributed by atoms with Crippen molar-refractivity contribution in [3.05, 3.63) is 21.5 Å². The van der Waals surface area contributed by atoms with Crippen molar-refractivity contribution in [2.24, 2.45) is 0 Å². The Bertz CT molecular complexity index is 346. The molecule has 1 rings (SSSR count). The molecule has 0 spiro atoms. The highest BCUT2D eigenvalue weighted by atomic mass is 127. The Kier molecular flexibility index (Phi) is 4.59. The lowest BCUT2D eigenvalue weighted by molar-refractivity contribution is 0.129. The van der Waals surface area contributed by atoms with E-state index >= 15 is 0 Å². The first-order valence-electron chi connectivity index (χ1n) is 4.55. The van der Waals surface area contributed by atoms with Gasteiger partial charge >= 0.3 is 0 Å². The number of ether oxygens (including phenoxy) is 1. The first kappa shape index (κ1) is 12.5. The molecule has 0 amide bonds. The minimum Gasteiger partial charge on any atom is -0.397 e. The third-order valence-electron chi connectivity index (χ3n) is 2.07. The van der Waals surface area contributed by atoms with Gasteiger partial charge in [-0.25, -0.2) is 4.39 Å². The fraction of sp³-hybridized carbons (Fsp3) is 0.400. The van der Waals surface area contributed by atoms with Crippen molar-refractivity contribution in [1.29, 1.82) is 0 Å². The molecule has 0 aliphatic heterocycles. The number of hydrogen-bond donors (Lipinski definition) is 2. The Hall–Kier alpha value is -0.560. The van der Waals surface area contributed by atoms with Crippen LogP contribution in [0, 0.1) is 9.39 Å². The number of halogens is 2. The maximum absolute atomic E-state index is 13.2. The fourth-order valence-electron chi connectivity index (χ4n) is 1.05. The normalized spacial score (nSPS) is 12.5. The summed E-state index contributed by atoms with van der Waals surface area (Å²) in [6, 6.07) is 3.01. The summed E-state index contributed by atoms with van der Waals surface area (Å²) in [5, 5.41) is 3.04.